The van der Waals surface area contributed by atoms with Crippen LogP contribution in [0.15, 0.2) is 22.6 Å². The summed E-state index contributed by atoms with van der Waals surface area (Å²) >= 11 is 4.92. The maximum Gasteiger partial charge on any atom is 0.266 e. The van der Waals surface area contributed by atoms with Gasteiger partial charge in [-0.15, -0.1) is 0 Å². The Labute approximate surface area is 122 Å². The molecule has 0 spiro atoms. The van der Waals surface area contributed by atoms with Crippen LogP contribution in [0, 0.1) is 4.84 Å². The summed E-state index contributed by atoms with van der Waals surface area (Å²) in [6.45, 7) is 6.03. The largest absolute Gasteiger partial charge is 0.429 e. The molecule has 6 heteroatoms. The van der Waals surface area contributed by atoms with Gasteiger partial charge in [0.15, 0.2) is 5.58 Å². The Bertz CT molecular complexity index is 682. The Balaban J connectivity index is 2.31. The van der Waals surface area contributed by atoms with Gasteiger partial charge in [0.1, 0.15) is 0 Å². The summed E-state index contributed by atoms with van der Waals surface area (Å²) in [6, 6.07) is 5.15. The van der Waals surface area contributed by atoms with E-state index >= 15 is 0 Å². The Morgan fingerprint density at radius 1 is 1.50 bits per heavy atom. The van der Waals surface area contributed by atoms with Crippen LogP contribution in [-0.4, -0.2) is 39.6 Å². The fraction of sp³-hybridized carbons (Fsp3) is 0.429. The van der Waals surface area contributed by atoms with E-state index in [2.05, 4.69) is 4.98 Å². The fourth-order valence-electron chi connectivity index (χ4n) is 2.06. The van der Waals surface area contributed by atoms with Crippen molar-refractivity contribution in [3.05, 3.63) is 28.6 Å². The second kappa shape index (κ2) is 5.38. The molecular weight excluding hydrogens is 276 g/mol. The third kappa shape index (κ3) is 3.26. The first kappa shape index (κ1) is 14.7. The van der Waals surface area contributed by atoms with Crippen LogP contribution >= 0.6 is 12.2 Å². The number of amides is 1. The zero-order chi connectivity index (χ0) is 14.9. The van der Waals surface area contributed by atoms with Crippen LogP contribution in [0.25, 0.3) is 11.1 Å². The van der Waals surface area contributed by atoms with Gasteiger partial charge in [-0.1, -0.05) is 0 Å². The first-order valence-corrected chi connectivity index (χ1v) is 6.85. The van der Waals surface area contributed by atoms with E-state index in [9.17, 15) is 9.90 Å². The lowest BCUT2D eigenvalue weighted by Crippen LogP contribution is -2.42. The number of likely N-dealkylation sites (N-methyl/N-ethyl adjacent to an activating group) is 1. The van der Waals surface area contributed by atoms with Crippen molar-refractivity contribution in [3.8, 4) is 0 Å². The number of carbonyl (C=O) groups excluding carboxylic acids is 1. The first-order valence-electron chi connectivity index (χ1n) is 6.44. The minimum atomic E-state index is -0.929. The molecule has 0 saturated carbocycles. The van der Waals surface area contributed by atoms with Gasteiger partial charge in [0.25, 0.3) is 10.7 Å². The molecule has 0 bridgehead atoms. The smallest absolute Gasteiger partial charge is 0.266 e. The molecule has 5 nitrogen and oxygen atoms in total. The number of nitrogens with one attached hydrogen (secondary N) is 1. The molecule has 1 amide bonds. The molecule has 20 heavy (non-hydrogen) atoms. The molecule has 0 fully saturated rings. The van der Waals surface area contributed by atoms with Crippen molar-refractivity contribution in [2.75, 3.05) is 13.1 Å². The number of fused-ring (bicyclic) bond motifs is 1. The number of nitrogens with zero attached hydrogens (tertiary/aromatic N) is 1. The van der Waals surface area contributed by atoms with Crippen LogP contribution in [-0.2, 0) is 0 Å². The van der Waals surface area contributed by atoms with Gasteiger partial charge >= 0.3 is 0 Å². The van der Waals surface area contributed by atoms with Gasteiger partial charge in [0.05, 0.1) is 11.1 Å². The van der Waals surface area contributed by atoms with Gasteiger partial charge in [-0.2, -0.15) is 0 Å². The first-order chi connectivity index (χ1) is 9.30. The number of aliphatic hydroxyl groups is 1. The Hall–Kier alpha value is -1.66. The van der Waals surface area contributed by atoms with Gasteiger partial charge in [-0.25, -0.2) is 0 Å². The van der Waals surface area contributed by atoms with E-state index in [1.807, 2.05) is 6.92 Å². The number of rotatable bonds is 4. The van der Waals surface area contributed by atoms with Crippen LogP contribution in [0.2, 0.25) is 0 Å². The highest BCUT2D eigenvalue weighted by Crippen LogP contribution is 2.17. The zero-order valence-electron chi connectivity index (χ0n) is 11.8. The minimum absolute atomic E-state index is 0.140. The molecule has 0 aliphatic rings. The maximum absolute atomic E-state index is 12.4. The van der Waals surface area contributed by atoms with Crippen molar-refractivity contribution in [2.45, 2.75) is 26.4 Å². The lowest BCUT2D eigenvalue weighted by molar-refractivity contribution is 0.0315. The van der Waals surface area contributed by atoms with E-state index in [0.717, 1.165) is 5.52 Å². The molecule has 0 radical (unpaired) electrons. The fourth-order valence-corrected chi connectivity index (χ4v) is 2.26. The number of oxazole rings is 1. The number of hydrogen-bond acceptors (Lipinski definition) is 4. The Kier molecular flexibility index (Phi) is 3.96. The summed E-state index contributed by atoms with van der Waals surface area (Å²) in [5.41, 5.74) is 0.903. The van der Waals surface area contributed by atoms with Crippen molar-refractivity contribution in [1.29, 1.82) is 0 Å². The van der Waals surface area contributed by atoms with Crippen molar-refractivity contribution < 1.29 is 14.3 Å². The van der Waals surface area contributed by atoms with E-state index in [1.165, 1.54) is 0 Å². The maximum atomic E-state index is 12.4. The molecule has 1 aromatic carbocycles. The SMILES string of the molecule is CCN(CC(C)(C)O)C(=O)c1ccc2[nH]c(=S)oc2c1. The topological polar surface area (TPSA) is 69.5 Å². The molecular formula is C14H18N2O3S. The normalized spacial score (nSPS) is 11.8. The molecule has 0 atom stereocenters. The number of aromatic amines is 1. The molecule has 1 heterocycles. The summed E-state index contributed by atoms with van der Waals surface area (Å²) in [5.74, 6) is -0.140. The number of hydrogen-bond donors (Lipinski definition) is 2. The van der Waals surface area contributed by atoms with Crippen LogP contribution in [0.4, 0.5) is 0 Å². The summed E-state index contributed by atoms with van der Waals surface area (Å²) in [7, 11) is 0. The highest BCUT2D eigenvalue weighted by molar-refractivity contribution is 7.71. The predicted molar refractivity (Wildman–Crippen MR) is 79.3 cm³/mol. The average molecular weight is 294 g/mol. The molecule has 2 aromatic rings. The van der Waals surface area contributed by atoms with Crippen molar-refractivity contribution in [2.24, 2.45) is 0 Å². The van der Waals surface area contributed by atoms with Gasteiger partial charge in [0, 0.05) is 18.7 Å². The number of benzene rings is 1. The van der Waals surface area contributed by atoms with Crippen molar-refractivity contribution in [3.63, 3.8) is 0 Å². The molecule has 108 valence electrons. The Morgan fingerprint density at radius 3 is 2.80 bits per heavy atom. The zero-order valence-corrected chi connectivity index (χ0v) is 12.6. The molecule has 2 N–H and O–H groups in total. The molecule has 0 aliphatic carbocycles. The van der Waals surface area contributed by atoms with E-state index in [1.54, 1.807) is 36.9 Å². The van der Waals surface area contributed by atoms with Gasteiger partial charge < -0.3 is 19.4 Å². The van der Waals surface area contributed by atoms with Gasteiger partial charge in [0.2, 0.25) is 0 Å². The van der Waals surface area contributed by atoms with E-state index in [0.29, 0.717) is 17.7 Å². The molecule has 0 aliphatic heterocycles. The third-order valence-corrected chi connectivity index (χ3v) is 3.10. The van der Waals surface area contributed by atoms with E-state index < -0.39 is 5.60 Å². The minimum Gasteiger partial charge on any atom is -0.429 e. The molecule has 0 saturated heterocycles. The molecule has 2 rings (SSSR count). The highest BCUT2D eigenvalue weighted by Gasteiger charge is 2.22. The summed E-state index contributed by atoms with van der Waals surface area (Å²) in [6.07, 6.45) is 0. The summed E-state index contributed by atoms with van der Waals surface area (Å²) < 4.78 is 5.31. The molecule has 1 aromatic heterocycles. The quantitative estimate of drug-likeness (QED) is 0.851. The highest BCUT2D eigenvalue weighted by atomic mass is 32.1. The monoisotopic (exact) mass is 294 g/mol. The summed E-state index contributed by atoms with van der Waals surface area (Å²) in [5, 5.41) is 9.86. The third-order valence-electron chi connectivity index (χ3n) is 2.91. The second-order valence-electron chi connectivity index (χ2n) is 5.36. The van der Waals surface area contributed by atoms with Gasteiger partial charge in [-0.05, 0) is 51.2 Å². The Morgan fingerprint density at radius 2 is 2.20 bits per heavy atom. The van der Waals surface area contributed by atoms with Gasteiger partial charge in [-0.3, -0.25) is 4.79 Å². The number of carbonyl (C=O) groups is 1. The standard InChI is InChI=1S/C14H18N2O3S/c1-4-16(8-14(2,3)18)12(17)9-5-6-10-11(7-9)19-13(20)15-10/h5-7,18H,4,8H2,1-3H3,(H,15,20). The molecule has 0 unspecified atom stereocenters. The lowest BCUT2D eigenvalue weighted by Gasteiger charge is -2.28. The predicted octanol–water partition coefficient (Wildman–Crippen LogP) is 2.72. The van der Waals surface area contributed by atoms with Crippen molar-refractivity contribution in [1.82, 2.24) is 9.88 Å². The average Bonchev–Trinajstić information content (AvgIpc) is 2.72. The van der Waals surface area contributed by atoms with E-state index in [-0.39, 0.29) is 17.3 Å². The van der Waals surface area contributed by atoms with Crippen LogP contribution in [0.1, 0.15) is 31.1 Å². The lowest BCUT2D eigenvalue weighted by atomic mass is 10.1. The number of H-pyrrole nitrogens is 1. The van der Waals surface area contributed by atoms with E-state index in [4.69, 9.17) is 16.6 Å². The van der Waals surface area contributed by atoms with Crippen molar-refractivity contribution >= 4 is 29.2 Å². The van der Waals surface area contributed by atoms with Crippen LogP contribution < -0.4 is 0 Å². The number of aromatic nitrogens is 1. The summed E-state index contributed by atoms with van der Waals surface area (Å²) in [4.78, 5) is 17.2. The second-order valence-corrected chi connectivity index (χ2v) is 5.73. The van der Waals surface area contributed by atoms with Crippen LogP contribution in [0.3, 0.4) is 0 Å². The van der Waals surface area contributed by atoms with Crippen LogP contribution in [0.5, 0.6) is 0 Å².